The summed E-state index contributed by atoms with van der Waals surface area (Å²) in [7, 11) is 0. The molecule has 25 heavy (non-hydrogen) atoms. The van der Waals surface area contributed by atoms with Crippen molar-refractivity contribution in [1.82, 2.24) is 0 Å². The molecular formula is C20H23NO4. The Kier molecular flexibility index (Phi) is 7.63. The van der Waals surface area contributed by atoms with Crippen LogP contribution in [0.25, 0.3) is 0 Å². The van der Waals surface area contributed by atoms with Gasteiger partial charge in [0.1, 0.15) is 18.0 Å². The van der Waals surface area contributed by atoms with Crippen LogP contribution >= 0.6 is 0 Å². The number of ether oxygens (including phenoxy) is 2. The van der Waals surface area contributed by atoms with Gasteiger partial charge in [0.2, 0.25) is 0 Å². The van der Waals surface area contributed by atoms with E-state index in [2.05, 4.69) is 5.18 Å². The van der Waals surface area contributed by atoms with Crippen LogP contribution in [-0.4, -0.2) is 19.0 Å². The topological polar surface area (TPSA) is 65.0 Å². The van der Waals surface area contributed by atoms with Crippen molar-refractivity contribution in [1.29, 1.82) is 0 Å². The maximum atomic E-state index is 10.9. The van der Waals surface area contributed by atoms with Crippen molar-refractivity contribution in [2.45, 2.75) is 38.8 Å². The second-order valence-electron chi connectivity index (χ2n) is 5.82. The molecule has 2 rings (SSSR count). The highest BCUT2D eigenvalue weighted by Crippen LogP contribution is 2.21. The van der Waals surface area contributed by atoms with Crippen LogP contribution in [-0.2, 0) is 6.54 Å². The maximum Gasteiger partial charge on any atom is 0.153 e. The van der Waals surface area contributed by atoms with Gasteiger partial charge in [-0.3, -0.25) is 4.79 Å². The standard InChI is InChI=1S/C20H23NO4/c1-16(25-20-12-5-2-9-17(20)14-21-23)8-6-7-13-24-19-11-4-3-10-18(19)15-22/h2-5,9-12,15-16H,6-8,13-14H2,1H3. The summed E-state index contributed by atoms with van der Waals surface area (Å²) in [6, 6.07) is 14.7. The van der Waals surface area contributed by atoms with E-state index >= 15 is 0 Å². The van der Waals surface area contributed by atoms with Crippen LogP contribution in [0.3, 0.4) is 0 Å². The Labute approximate surface area is 147 Å². The fraction of sp³-hybridized carbons (Fsp3) is 0.350. The van der Waals surface area contributed by atoms with Crippen LogP contribution in [0.5, 0.6) is 11.5 Å². The van der Waals surface area contributed by atoms with Gasteiger partial charge in [-0.15, -0.1) is 0 Å². The molecule has 132 valence electrons. The van der Waals surface area contributed by atoms with E-state index in [4.69, 9.17) is 9.47 Å². The summed E-state index contributed by atoms with van der Waals surface area (Å²) in [6.45, 7) is 2.68. The molecule has 0 saturated heterocycles. The van der Waals surface area contributed by atoms with E-state index in [9.17, 15) is 9.70 Å². The first kappa shape index (κ1) is 18.6. The second kappa shape index (κ2) is 10.2. The molecule has 0 aromatic heterocycles. The minimum atomic E-state index is 0.0371. The monoisotopic (exact) mass is 341 g/mol. The number of rotatable bonds is 11. The maximum absolute atomic E-state index is 10.9. The molecule has 0 radical (unpaired) electrons. The number of unbranched alkanes of at least 4 members (excludes halogenated alkanes) is 1. The summed E-state index contributed by atoms with van der Waals surface area (Å²) in [5, 5.41) is 2.93. The molecular weight excluding hydrogens is 318 g/mol. The zero-order valence-corrected chi connectivity index (χ0v) is 14.4. The quantitative estimate of drug-likeness (QED) is 0.335. The number of hydrogen-bond donors (Lipinski definition) is 0. The minimum absolute atomic E-state index is 0.0371. The molecule has 0 spiro atoms. The van der Waals surface area contributed by atoms with Crippen molar-refractivity contribution in [3.05, 3.63) is 64.6 Å². The molecule has 2 aromatic rings. The second-order valence-corrected chi connectivity index (χ2v) is 5.82. The smallest absolute Gasteiger partial charge is 0.153 e. The van der Waals surface area contributed by atoms with Gasteiger partial charge in [-0.2, -0.15) is 4.91 Å². The van der Waals surface area contributed by atoms with Gasteiger partial charge in [0.05, 0.1) is 18.3 Å². The van der Waals surface area contributed by atoms with Gasteiger partial charge in [-0.1, -0.05) is 35.5 Å². The molecule has 0 amide bonds. The average Bonchev–Trinajstić information content (AvgIpc) is 2.63. The summed E-state index contributed by atoms with van der Waals surface area (Å²) in [6.07, 6.45) is 3.53. The zero-order chi connectivity index (χ0) is 17.9. The Hall–Kier alpha value is -2.69. The third-order valence-electron chi connectivity index (χ3n) is 3.84. The first-order valence-electron chi connectivity index (χ1n) is 8.45. The van der Waals surface area contributed by atoms with Gasteiger partial charge in [0, 0.05) is 5.56 Å². The third-order valence-corrected chi connectivity index (χ3v) is 3.84. The number of nitroso groups, excluding NO2 is 1. The van der Waals surface area contributed by atoms with Crippen LogP contribution < -0.4 is 9.47 Å². The van der Waals surface area contributed by atoms with Crippen LogP contribution in [0.4, 0.5) is 0 Å². The lowest BCUT2D eigenvalue weighted by molar-refractivity contribution is 0.111. The van der Waals surface area contributed by atoms with Crippen LogP contribution in [0.1, 0.15) is 42.1 Å². The zero-order valence-electron chi connectivity index (χ0n) is 14.4. The van der Waals surface area contributed by atoms with Gasteiger partial charge in [-0.05, 0) is 44.4 Å². The number of carbonyl (C=O) groups is 1. The van der Waals surface area contributed by atoms with E-state index in [0.29, 0.717) is 23.7 Å². The summed E-state index contributed by atoms with van der Waals surface area (Å²) < 4.78 is 11.6. The lowest BCUT2D eigenvalue weighted by atomic mass is 10.1. The lowest BCUT2D eigenvalue weighted by Gasteiger charge is -2.16. The Morgan fingerprint density at radius 1 is 1.04 bits per heavy atom. The van der Waals surface area contributed by atoms with E-state index in [1.165, 1.54) is 0 Å². The van der Waals surface area contributed by atoms with Crippen molar-refractivity contribution < 1.29 is 14.3 Å². The number of benzene rings is 2. The minimum Gasteiger partial charge on any atom is -0.493 e. The van der Waals surface area contributed by atoms with E-state index < -0.39 is 0 Å². The predicted molar refractivity (Wildman–Crippen MR) is 97.2 cm³/mol. The van der Waals surface area contributed by atoms with Crippen molar-refractivity contribution in [2.24, 2.45) is 5.18 Å². The molecule has 0 aliphatic rings. The van der Waals surface area contributed by atoms with Crippen molar-refractivity contribution in [2.75, 3.05) is 6.61 Å². The normalized spacial score (nSPS) is 11.6. The van der Waals surface area contributed by atoms with E-state index in [1.807, 2.05) is 43.3 Å². The Morgan fingerprint density at radius 3 is 2.52 bits per heavy atom. The van der Waals surface area contributed by atoms with Crippen molar-refractivity contribution in [3.8, 4) is 11.5 Å². The highest BCUT2D eigenvalue weighted by molar-refractivity contribution is 5.79. The van der Waals surface area contributed by atoms with Gasteiger partial charge in [0.25, 0.3) is 0 Å². The molecule has 1 atom stereocenters. The van der Waals surface area contributed by atoms with Crippen LogP contribution in [0, 0.1) is 4.91 Å². The number of carbonyl (C=O) groups excluding carboxylic acids is 1. The highest BCUT2D eigenvalue weighted by atomic mass is 16.5. The van der Waals surface area contributed by atoms with Gasteiger partial charge >= 0.3 is 0 Å². The molecule has 0 aliphatic carbocycles. The van der Waals surface area contributed by atoms with Gasteiger partial charge in [-0.25, -0.2) is 0 Å². The molecule has 0 saturated carbocycles. The Morgan fingerprint density at radius 2 is 1.76 bits per heavy atom. The molecule has 0 fully saturated rings. The number of nitrogens with zero attached hydrogens (tertiary/aromatic N) is 1. The molecule has 5 heteroatoms. The number of para-hydroxylation sites is 2. The van der Waals surface area contributed by atoms with Gasteiger partial charge < -0.3 is 9.47 Å². The molecule has 0 heterocycles. The van der Waals surface area contributed by atoms with E-state index in [0.717, 1.165) is 31.1 Å². The van der Waals surface area contributed by atoms with Gasteiger partial charge in [0.15, 0.2) is 6.29 Å². The Bertz CT molecular complexity index is 687. The molecule has 1 unspecified atom stereocenters. The summed E-state index contributed by atoms with van der Waals surface area (Å²) in [4.78, 5) is 21.4. The molecule has 5 nitrogen and oxygen atoms in total. The van der Waals surface area contributed by atoms with Crippen molar-refractivity contribution in [3.63, 3.8) is 0 Å². The fourth-order valence-corrected chi connectivity index (χ4v) is 2.52. The molecule has 2 aromatic carbocycles. The number of aldehydes is 1. The summed E-state index contributed by atoms with van der Waals surface area (Å²) >= 11 is 0. The molecule has 0 aliphatic heterocycles. The first-order chi connectivity index (χ1) is 12.2. The van der Waals surface area contributed by atoms with E-state index in [1.54, 1.807) is 12.1 Å². The largest absolute Gasteiger partial charge is 0.493 e. The molecule has 0 N–H and O–H groups in total. The summed E-state index contributed by atoms with van der Waals surface area (Å²) in [5.41, 5.74) is 1.37. The van der Waals surface area contributed by atoms with Crippen LogP contribution in [0.15, 0.2) is 53.7 Å². The highest BCUT2D eigenvalue weighted by Gasteiger charge is 2.08. The fourth-order valence-electron chi connectivity index (χ4n) is 2.52. The predicted octanol–water partition coefficient (Wildman–Crippen LogP) is 4.78. The third kappa shape index (κ3) is 6.03. The average molecular weight is 341 g/mol. The van der Waals surface area contributed by atoms with Crippen LogP contribution in [0.2, 0.25) is 0 Å². The SMILES string of the molecule is CC(CCCCOc1ccccc1C=O)Oc1ccccc1CN=O. The van der Waals surface area contributed by atoms with E-state index in [-0.39, 0.29) is 12.6 Å². The first-order valence-corrected chi connectivity index (χ1v) is 8.45. The Balaban J connectivity index is 1.71. The molecule has 0 bridgehead atoms. The van der Waals surface area contributed by atoms with Crippen molar-refractivity contribution >= 4 is 6.29 Å². The number of hydrogen-bond acceptors (Lipinski definition) is 5. The summed E-state index contributed by atoms with van der Waals surface area (Å²) in [5.74, 6) is 1.34. The lowest BCUT2D eigenvalue weighted by Crippen LogP contribution is -2.13.